The maximum Gasteiger partial charge on any atom is 0.274 e. The molecular weight excluding hydrogens is 394 g/mol. The second-order valence-corrected chi connectivity index (χ2v) is 8.11. The number of amides is 1. The maximum atomic E-state index is 12.6. The molecule has 31 heavy (non-hydrogen) atoms. The molecule has 1 unspecified atom stereocenters. The SMILES string of the molecule is CN(C)c1cc(C2CC2)nn1CCC(C=O)NC(=O)c1cn(Cc2ccccc2)nn1. The van der Waals surface area contributed by atoms with E-state index in [4.69, 9.17) is 5.10 Å². The largest absolute Gasteiger partial charge is 0.363 e. The van der Waals surface area contributed by atoms with Crippen molar-refractivity contribution in [2.45, 2.75) is 44.3 Å². The maximum absolute atomic E-state index is 12.6. The number of rotatable bonds is 10. The molecule has 9 heteroatoms. The number of nitrogens with zero attached hydrogens (tertiary/aromatic N) is 6. The number of hydrogen-bond donors (Lipinski definition) is 1. The Morgan fingerprint density at radius 1 is 1.29 bits per heavy atom. The van der Waals surface area contributed by atoms with E-state index in [0.29, 0.717) is 25.4 Å². The molecule has 1 amide bonds. The van der Waals surface area contributed by atoms with Crippen molar-refractivity contribution in [2.75, 3.05) is 19.0 Å². The Morgan fingerprint density at radius 2 is 2.06 bits per heavy atom. The molecule has 0 aliphatic heterocycles. The van der Waals surface area contributed by atoms with Gasteiger partial charge in [-0.05, 0) is 24.8 Å². The molecule has 2 aromatic heterocycles. The molecule has 1 N–H and O–H groups in total. The van der Waals surface area contributed by atoms with Crippen molar-refractivity contribution >= 4 is 18.0 Å². The molecular formula is C22H27N7O2. The van der Waals surface area contributed by atoms with Gasteiger partial charge < -0.3 is 15.0 Å². The molecule has 1 aliphatic carbocycles. The van der Waals surface area contributed by atoms with Gasteiger partial charge in [0, 0.05) is 32.6 Å². The highest BCUT2D eigenvalue weighted by atomic mass is 16.2. The van der Waals surface area contributed by atoms with Crippen LogP contribution in [0.4, 0.5) is 5.82 Å². The topological polar surface area (TPSA) is 97.9 Å². The molecule has 1 aromatic carbocycles. The van der Waals surface area contributed by atoms with Gasteiger partial charge in [0.05, 0.1) is 24.5 Å². The summed E-state index contributed by atoms with van der Waals surface area (Å²) in [6.45, 7) is 1.05. The number of aryl methyl sites for hydroxylation is 1. The van der Waals surface area contributed by atoms with Crippen LogP contribution >= 0.6 is 0 Å². The van der Waals surface area contributed by atoms with Crippen molar-refractivity contribution in [3.63, 3.8) is 0 Å². The van der Waals surface area contributed by atoms with Gasteiger partial charge in [0.15, 0.2) is 5.69 Å². The zero-order valence-corrected chi connectivity index (χ0v) is 17.8. The first-order valence-electron chi connectivity index (χ1n) is 10.5. The Hall–Kier alpha value is -3.49. The predicted molar refractivity (Wildman–Crippen MR) is 116 cm³/mol. The third-order valence-electron chi connectivity index (χ3n) is 5.32. The van der Waals surface area contributed by atoms with Crippen LogP contribution in [0.2, 0.25) is 0 Å². The van der Waals surface area contributed by atoms with Crippen LogP contribution < -0.4 is 10.2 Å². The van der Waals surface area contributed by atoms with Crippen LogP contribution in [0, 0.1) is 0 Å². The Kier molecular flexibility index (Phi) is 6.11. The van der Waals surface area contributed by atoms with Crippen LogP contribution in [0.5, 0.6) is 0 Å². The van der Waals surface area contributed by atoms with Gasteiger partial charge in [0.1, 0.15) is 12.1 Å². The Bertz CT molecular complexity index is 1040. The lowest BCUT2D eigenvalue weighted by Gasteiger charge is -2.16. The second-order valence-electron chi connectivity index (χ2n) is 8.11. The predicted octanol–water partition coefficient (Wildman–Crippen LogP) is 1.85. The van der Waals surface area contributed by atoms with E-state index in [0.717, 1.165) is 23.4 Å². The first-order valence-corrected chi connectivity index (χ1v) is 10.5. The summed E-state index contributed by atoms with van der Waals surface area (Å²) in [6, 6.07) is 11.3. The molecule has 3 aromatic rings. The van der Waals surface area contributed by atoms with Gasteiger partial charge in [-0.25, -0.2) is 9.36 Å². The molecule has 0 spiro atoms. The Morgan fingerprint density at radius 3 is 2.74 bits per heavy atom. The number of carbonyl (C=O) groups is 2. The van der Waals surface area contributed by atoms with Crippen molar-refractivity contribution in [2.24, 2.45) is 0 Å². The zero-order valence-electron chi connectivity index (χ0n) is 17.8. The highest BCUT2D eigenvalue weighted by Crippen LogP contribution is 2.40. The zero-order chi connectivity index (χ0) is 21.8. The molecule has 0 bridgehead atoms. The summed E-state index contributed by atoms with van der Waals surface area (Å²) in [5.74, 6) is 1.14. The first kappa shape index (κ1) is 20.8. The number of nitrogens with one attached hydrogen (secondary N) is 1. The monoisotopic (exact) mass is 421 g/mol. The number of aromatic nitrogens is 5. The number of hydrogen-bond acceptors (Lipinski definition) is 6. The number of carbonyl (C=O) groups excluding carboxylic acids is 2. The highest BCUT2D eigenvalue weighted by molar-refractivity contribution is 5.93. The van der Waals surface area contributed by atoms with Gasteiger partial charge in [0.2, 0.25) is 0 Å². The minimum absolute atomic E-state index is 0.187. The van der Waals surface area contributed by atoms with Crippen LogP contribution in [0.25, 0.3) is 0 Å². The van der Waals surface area contributed by atoms with Gasteiger partial charge in [-0.2, -0.15) is 5.10 Å². The fourth-order valence-corrected chi connectivity index (χ4v) is 3.46. The van der Waals surface area contributed by atoms with Crippen LogP contribution in [0.3, 0.4) is 0 Å². The van der Waals surface area contributed by atoms with E-state index in [1.54, 1.807) is 10.9 Å². The van der Waals surface area contributed by atoms with Gasteiger partial charge in [-0.3, -0.25) is 4.79 Å². The quantitative estimate of drug-likeness (QED) is 0.502. The molecule has 1 saturated carbocycles. The van der Waals surface area contributed by atoms with Gasteiger partial charge in [-0.15, -0.1) is 5.10 Å². The summed E-state index contributed by atoms with van der Waals surface area (Å²) in [5.41, 5.74) is 2.35. The minimum Gasteiger partial charge on any atom is -0.363 e. The van der Waals surface area contributed by atoms with E-state index >= 15 is 0 Å². The molecule has 1 fully saturated rings. The van der Waals surface area contributed by atoms with E-state index < -0.39 is 11.9 Å². The Labute approximate surface area is 181 Å². The van der Waals surface area contributed by atoms with Gasteiger partial charge >= 0.3 is 0 Å². The van der Waals surface area contributed by atoms with Crippen molar-refractivity contribution < 1.29 is 9.59 Å². The van der Waals surface area contributed by atoms with Crippen molar-refractivity contribution in [3.8, 4) is 0 Å². The van der Waals surface area contributed by atoms with Crippen LogP contribution in [-0.4, -0.2) is 57.1 Å². The number of benzene rings is 1. The second kappa shape index (κ2) is 9.11. The van der Waals surface area contributed by atoms with Gasteiger partial charge in [0.25, 0.3) is 5.91 Å². The van der Waals surface area contributed by atoms with Crippen molar-refractivity contribution in [3.05, 3.63) is 59.5 Å². The lowest BCUT2D eigenvalue weighted by molar-refractivity contribution is -0.109. The smallest absolute Gasteiger partial charge is 0.274 e. The molecule has 2 heterocycles. The molecule has 162 valence electrons. The molecule has 1 atom stereocenters. The first-order chi connectivity index (χ1) is 15.0. The summed E-state index contributed by atoms with van der Waals surface area (Å²) in [4.78, 5) is 26.1. The molecule has 1 aliphatic rings. The summed E-state index contributed by atoms with van der Waals surface area (Å²) < 4.78 is 3.51. The number of anilines is 1. The van der Waals surface area contributed by atoms with Crippen LogP contribution in [0.1, 0.15) is 46.9 Å². The summed E-state index contributed by atoms with van der Waals surface area (Å²) in [5, 5.41) is 15.4. The fraction of sp³-hybridized carbons (Fsp3) is 0.409. The number of aldehydes is 1. The molecule has 4 rings (SSSR count). The standard InChI is InChI=1S/C22H27N7O2/c1-27(2)21-12-19(17-8-9-17)25-29(21)11-10-18(15-30)23-22(31)20-14-28(26-24-20)13-16-6-4-3-5-7-16/h3-7,12,14-15,17-18H,8-11,13H2,1-2H3,(H,23,31). The fourth-order valence-electron chi connectivity index (χ4n) is 3.46. The average Bonchev–Trinajstić information content (AvgIpc) is 3.36. The van der Waals surface area contributed by atoms with E-state index in [2.05, 4.69) is 21.7 Å². The van der Waals surface area contributed by atoms with Gasteiger partial charge in [-0.1, -0.05) is 35.5 Å². The summed E-state index contributed by atoms with van der Waals surface area (Å²) >= 11 is 0. The van der Waals surface area contributed by atoms with E-state index in [-0.39, 0.29) is 5.69 Å². The minimum atomic E-state index is -0.629. The Balaban J connectivity index is 1.35. The van der Waals surface area contributed by atoms with Crippen molar-refractivity contribution in [1.82, 2.24) is 30.1 Å². The van der Waals surface area contributed by atoms with Crippen molar-refractivity contribution in [1.29, 1.82) is 0 Å². The van der Waals surface area contributed by atoms with E-state index in [1.807, 2.05) is 54.0 Å². The molecule has 9 nitrogen and oxygen atoms in total. The lowest BCUT2D eigenvalue weighted by Crippen LogP contribution is -2.37. The third-order valence-corrected chi connectivity index (χ3v) is 5.32. The van der Waals surface area contributed by atoms with Crippen LogP contribution in [0.15, 0.2) is 42.6 Å². The third kappa shape index (κ3) is 5.17. The molecule has 0 radical (unpaired) electrons. The normalized spacial score (nSPS) is 14.3. The average molecular weight is 422 g/mol. The summed E-state index contributed by atoms with van der Waals surface area (Å²) in [7, 11) is 3.95. The molecule has 0 saturated heterocycles. The van der Waals surface area contributed by atoms with E-state index in [9.17, 15) is 9.59 Å². The van der Waals surface area contributed by atoms with E-state index in [1.165, 1.54) is 12.8 Å². The lowest BCUT2D eigenvalue weighted by atomic mass is 10.2. The van der Waals surface area contributed by atoms with Crippen LogP contribution in [-0.2, 0) is 17.9 Å². The highest BCUT2D eigenvalue weighted by Gasteiger charge is 2.28. The summed E-state index contributed by atoms with van der Waals surface area (Å²) in [6.07, 6.45) is 5.15.